The van der Waals surface area contributed by atoms with Crippen LogP contribution < -0.4 is 9.47 Å². The molecule has 1 N–H and O–H groups in total. The second-order valence-corrected chi connectivity index (χ2v) is 5.94. The highest BCUT2D eigenvalue weighted by atomic mass is 35.5. The van der Waals surface area contributed by atoms with Crippen LogP contribution in [0.1, 0.15) is 0 Å². The molecule has 0 saturated carbocycles. The maximum Gasteiger partial charge on any atom is 0.231 e. The van der Waals surface area contributed by atoms with Gasteiger partial charge in [-0.05, 0) is 48.0 Å². The van der Waals surface area contributed by atoms with E-state index in [0.717, 1.165) is 17.0 Å². The van der Waals surface area contributed by atoms with Crippen LogP contribution in [0.3, 0.4) is 0 Å². The fourth-order valence-corrected chi connectivity index (χ4v) is 2.75. The third kappa shape index (κ3) is 3.07. The number of hydrogen-bond acceptors (Lipinski definition) is 4. The number of methoxy groups -OCH3 is 1. The van der Waals surface area contributed by atoms with Crippen molar-refractivity contribution < 1.29 is 13.9 Å². The van der Waals surface area contributed by atoms with Gasteiger partial charge in [0.1, 0.15) is 29.3 Å². The molecule has 0 radical (unpaired) electrons. The molecule has 0 fully saturated rings. The minimum Gasteiger partial charge on any atom is -0.497 e. The Morgan fingerprint density at radius 1 is 1.00 bits per heavy atom. The fourth-order valence-electron chi connectivity index (χ4n) is 2.58. The molecule has 5 nitrogen and oxygen atoms in total. The number of aromatic amines is 1. The Bertz CT molecular complexity index is 1080. The molecule has 4 aromatic rings. The second-order valence-electron chi connectivity index (χ2n) is 5.53. The van der Waals surface area contributed by atoms with Gasteiger partial charge >= 0.3 is 0 Å². The highest BCUT2D eigenvalue weighted by Crippen LogP contribution is 2.32. The first-order valence-electron chi connectivity index (χ1n) is 7.75. The van der Waals surface area contributed by atoms with E-state index in [4.69, 9.17) is 21.1 Å². The van der Waals surface area contributed by atoms with Gasteiger partial charge in [0.25, 0.3) is 0 Å². The molecule has 2 aromatic heterocycles. The zero-order valence-electron chi connectivity index (χ0n) is 13.7. The number of hydrogen-bond donors (Lipinski definition) is 1. The van der Waals surface area contributed by atoms with E-state index in [1.807, 2.05) is 30.3 Å². The van der Waals surface area contributed by atoms with E-state index in [1.165, 1.54) is 24.5 Å². The third-order valence-electron chi connectivity index (χ3n) is 3.90. The number of halogens is 2. The van der Waals surface area contributed by atoms with Gasteiger partial charge in [0.05, 0.1) is 17.5 Å². The largest absolute Gasteiger partial charge is 0.497 e. The van der Waals surface area contributed by atoms with E-state index < -0.39 is 5.82 Å². The van der Waals surface area contributed by atoms with Gasteiger partial charge in [-0.15, -0.1) is 0 Å². The van der Waals surface area contributed by atoms with Crippen LogP contribution in [0.2, 0.25) is 5.02 Å². The summed E-state index contributed by atoms with van der Waals surface area (Å²) in [6.45, 7) is 0. The molecule has 4 rings (SSSR count). The van der Waals surface area contributed by atoms with Crippen LogP contribution in [0.5, 0.6) is 17.4 Å². The van der Waals surface area contributed by atoms with Crippen molar-refractivity contribution in [2.75, 3.05) is 7.11 Å². The lowest BCUT2D eigenvalue weighted by atomic mass is 10.1. The molecule has 0 atom stereocenters. The summed E-state index contributed by atoms with van der Waals surface area (Å²) >= 11 is 5.80. The van der Waals surface area contributed by atoms with Crippen molar-refractivity contribution in [2.45, 2.75) is 0 Å². The van der Waals surface area contributed by atoms with Crippen molar-refractivity contribution in [3.8, 4) is 28.6 Å². The summed E-state index contributed by atoms with van der Waals surface area (Å²) in [5.41, 5.74) is 2.47. The van der Waals surface area contributed by atoms with Crippen LogP contribution >= 0.6 is 11.6 Å². The maximum atomic E-state index is 13.3. The fraction of sp³-hybridized carbons (Fsp3) is 0.0526. The Morgan fingerprint density at radius 2 is 1.77 bits per heavy atom. The Labute approximate surface area is 153 Å². The average molecular weight is 370 g/mol. The zero-order chi connectivity index (χ0) is 18.1. The molecule has 0 saturated heterocycles. The summed E-state index contributed by atoms with van der Waals surface area (Å²) in [6.07, 6.45) is 1.40. The monoisotopic (exact) mass is 369 g/mol. The van der Waals surface area contributed by atoms with Crippen LogP contribution in [-0.2, 0) is 0 Å². The summed E-state index contributed by atoms with van der Waals surface area (Å²) in [5.74, 6) is 1.02. The molecule has 7 heteroatoms. The lowest BCUT2D eigenvalue weighted by molar-refractivity contribution is 0.415. The summed E-state index contributed by atoms with van der Waals surface area (Å²) < 4.78 is 24.3. The standard InChI is InChI=1S/C19H13ClFN3O2/c1-25-12-4-2-11(3-5-12)17-9-14-18(24-17)22-10-23-19(14)26-13-6-7-16(21)15(20)8-13/h2-10H,1H3,(H,22,23,24). The van der Waals surface area contributed by atoms with Crippen molar-refractivity contribution in [1.82, 2.24) is 15.0 Å². The molecule has 0 aliphatic rings. The lowest BCUT2D eigenvalue weighted by Gasteiger charge is -2.05. The molecule has 0 aliphatic carbocycles. The van der Waals surface area contributed by atoms with Crippen LogP contribution in [0.25, 0.3) is 22.3 Å². The van der Waals surface area contributed by atoms with Crippen molar-refractivity contribution >= 4 is 22.6 Å². The normalized spacial score (nSPS) is 10.9. The van der Waals surface area contributed by atoms with Gasteiger partial charge in [-0.1, -0.05) is 11.6 Å². The smallest absolute Gasteiger partial charge is 0.231 e. The van der Waals surface area contributed by atoms with E-state index in [0.29, 0.717) is 22.7 Å². The van der Waals surface area contributed by atoms with Gasteiger partial charge in [0.15, 0.2) is 0 Å². The summed E-state index contributed by atoms with van der Waals surface area (Å²) in [5, 5.41) is 0.694. The Morgan fingerprint density at radius 3 is 2.50 bits per heavy atom. The zero-order valence-corrected chi connectivity index (χ0v) is 14.4. The van der Waals surface area contributed by atoms with E-state index in [1.54, 1.807) is 7.11 Å². The first kappa shape index (κ1) is 16.4. The van der Waals surface area contributed by atoms with E-state index in [9.17, 15) is 4.39 Å². The number of benzene rings is 2. The highest BCUT2D eigenvalue weighted by Gasteiger charge is 2.12. The molecule has 0 amide bonds. The maximum absolute atomic E-state index is 13.3. The predicted molar refractivity (Wildman–Crippen MR) is 97.4 cm³/mol. The van der Waals surface area contributed by atoms with Gasteiger partial charge in [-0.25, -0.2) is 14.4 Å². The summed E-state index contributed by atoms with van der Waals surface area (Å²) in [7, 11) is 1.62. The van der Waals surface area contributed by atoms with Gasteiger partial charge < -0.3 is 14.5 Å². The minimum absolute atomic E-state index is 0.0132. The van der Waals surface area contributed by atoms with Crippen molar-refractivity contribution in [2.24, 2.45) is 0 Å². The average Bonchev–Trinajstić information content (AvgIpc) is 3.10. The number of ether oxygens (including phenoxy) is 2. The minimum atomic E-state index is -0.504. The first-order valence-corrected chi connectivity index (χ1v) is 8.13. The Kier molecular flexibility index (Phi) is 4.18. The Balaban J connectivity index is 1.71. The molecule has 0 spiro atoms. The molecular formula is C19H13ClFN3O2. The number of nitrogens with one attached hydrogen (secondary N) is 1. The molecule has 2 aromatic carbocycles. The van der Waals surface area contributed by atoms with Gasteiger partial charge in [0.2, 0.25) is 5.88 Å². The number of rotatable bonds is 4. The molecule has 26 heavy (non-hydrogen) atoms. The van der Waals surface area contributed by atoms with Gasteiger partial charge in [-0.3, -0.25) is 0 Å². The van der Waals surface area contributed by atoms with Gasteiger partial charge in [-0.2, -0.15) is 0 Å². The van der Waals surface area contributed by atoms with E-state index in [2.05, 4.69) is 15.0 Å². The SMILES string of the molecule is COc1ccc(-c2cc3c(Oc4ccc(F)c(Cl)c4)ncnc3[nH]2)cc1. The van der Waals surface area contributed by atoms with E-state index >= 15 is 0 Å². The van der Waals surface area contributed by atoms with Crippen LogP contribution in [0.15, 0.2) is 54.9 Å². The lowest BCUT2D eigenvalue weighted by Crippen LogP contribution is -1.90. The molecule has 0 aliphatic heterocycles. The molecule has 0 bridgehead atoms. The van der Waals surface area contributed by atoms with Crippen molar-refractivity contribution in [3.05, 3.63) is 65.7 Å². The van der Waals surface area contributed by atoms with Crippen LogP contribution in [0, 0.1) is 5.82 Å². The second kappa shape index (κ2) is 6.65. The molecule has 0 unspecified atom stereocenters. The van der Waals surface area contributed by atoms with Crippen molar-refractivity contribution in [1.29, 1.82) is 0 Å². The van der Waals surface area contributed by atoms with Crippen LogP contribution in [-0.4, -0.2) is 22.1 Å². The third-order valence-corrected chi connectivity index (χ3v) is 4.19. The highest BCUT2D eigenvalue weighted by molar-refractivity contribution is 6.30. The first-order chi connectivity index (χ1) is 12.6. The molecular weight excluding hydrogens is 357 g/mol. The number of nitrogens with zero attached hydrogens (tertiary/aromatic N) is 2. The summed E-state index contributed by atoms with van der Waals surface area (Å²) in [6, 6.07) is 13.7. The van der Waals surface area contributed by atoms with Crippen LogP contribution in [0.4, 0.5) is 4.39 Å². The number of fused-ring (bicyclic) bond motifs is 1. The predicted octanol–water partition coefficient (Wildman–Crippen LogP) is 5.22. The number of aromatic nitrogens is 3. The topological polar surface area (TPSA) is 60.0 Å². The number of H-pyrrole nitrogens is 1. The quantitative estimate of drug-likeness (QED) is 0.536. The van der Waals surface area contributed by atoms with Gasteiger partial charge in [0, 0.05) is 11.8 Å². The van der Waals surface area contributed by atoms with Crippen molar-refractivity contribution in [3.63, 3.8) is 0 Å². The molecule has 2 heterocycles. The Hall–Kier alpha value is -3.12. The van der Waals surface area contributed by atoms with E-state index in [-0.39, 0.29) is 5.02 Å². The summed E-state index contributed by atoms with van der Waals surface area (Å²) in [4.78, 5) is 11.7. The molecule has 130 valence electrons.